The predicted octanol–water partition coefficient (Wildman–Crippen LogP) is 3.86. The maximum Gasteiger partial charge on any atom is 0.225 e. The van der Waals surface area contributed by atoms with Crippen molar-refractivity contribution < 1.29 is 4.79 Å². The molecule has 5 heteroatoms. The molecular formula is C24H32N4O. The van der Waals surface area contributed by atoms with Crippen LogP contribution in [0.2, 0.25) is 0 Å². The minimum atomic E-state index is 0.275. The SMILES string of the molecule is O=C(C1CCCCC1)N1CCC(c2n[nH]c3c2CN(Cc2ccccc2)CC3)C1. The largest absolute Gasteiger partial charge is 0.342 e. The van der Waals surface area contributed by atoms with E-state index >= 15 is 0 Å². The Balaban J connectivity index is 1.25. The fourth-order valence-electron chi connectivity index (χ4n) is 5.48. The van der Waals surface area contributed by atoms with Crippen LogP contribution in [0, 0.1) is 5.92 Å². The number of aromatic amines is 1. The number of nitrogens with one attached hydrogen (secondary N) is 1. The van der Waals surface area contributed by atoms with Crippen LogP contribution in [0.3, 0.4) is 0 Å². The average Bonchev–Trinajstić information content (AvgIpc) is 3.41. The summed E-state index contributed by atoms with van der Waals surface area (Å²) in [6.07, 6.45) is 8.00. The van der Waals surface area contributed by atoms with Crippen molar-refractivity contribution in [3.63, 3.8) is 0 Å². The minimum absolute atomic E-state index is 0.275. The van der Waals surface area contributed by atoms with Gasteiger partial charge in [0.25, 0.3) is 0 Å². The third kappa shape index (κ3) is 3.97. The smallest absolute Gasteiger partial charge is 0.225 e. The van der Waals surface area contributed by atoms with E-state index in [1.807, 2.05) is 0 Å². The Morgan fingerprint density at radius 3 is 2.72 bits per heavy atom. The standard InChI is InChI=1S/C24H32N4O/c29-24(19-9-5-2-6-10-19)28-14-11-20(16-28)23-21-17-27(13-12-22(21)25-26-23)15-18-7-3-1-4-8-18/h1,3-4,7-8,19-20H,2,5-6,9-17H2,(H,25,26). The van der Waals surface area contributed by atoms with E-state index in [4.69, 9.17) is 5.10 Å². The van der Waals surface area contributed by atoms with Gasteiger partial charge >= 0.3 is 0 Å². The lowest BCUT2D eigenvalue weighted by molar-refractivity contribution is -0.135. The Bertz CT molecular complexity index is 840. The second-order valence-corrected chi connectivity index (χ2v) is 9.12. The Kier molecular flexibility index (Phi) is 5.40. The number of likely N-dealkylation sites (tertiary alicyclic amines) is 1. The number of rotatable bonds is 4. The molecule has 2 aliphatic heterocycles. The van der Waals surface area contributed by atoms with Gasteiger partial charge < -0.3 is 4.90 Å². The molecule has 3 aliphatic rings. The molecule has 1 N–H and O–H groups in total. The number of H-pyrrole nitrogens is 1. The van der Waals surface area contributed by atoms with Crippen molar-refractivity contribution in [2.75, 3.05) is 19.6 Å². The van der Waals surface area contributed by atoms with Crippen molar-refractivity contribution in [1.29, 1.82) is 0 Å². The molecule has 1 saturated carbocycles. The number of carbonyl (C=O) groups is 1. The highest BCUT2D eigenvalue weighted by Crippen LogP contribution is 2.34. The number of hydrogen-bond donors (Lipinski definition) is 1. The van der Waals surface area contributed by atoms with Gasteiger partial charge in [-0.25, -0.2) is 0 Å². The van der Waals surface area contributed by atoms with E-state index in [0.29, 0.717) is 11.8 Å². The number of fused-ring (bicyclic) bond motifs is 1. The summed E-state index contributed by atoms with van der Waals surface area (Å²) in [5.74, 6) is 1.07. The lowest BCUT2D eigenvalue weighted by Crippen LogP contribution is -2.35. The van der Waals surface area contributed by atoms with Crippen LogP contribution in [-0.2, 0) is 24.3 Å². The number of benzene rings is 1. The molecule has 0 spiro atoms. The zero-order valence-electron chi connectivity index (χ0n) is 17.3. The maximum atomic E-state index is 12.9. The minimum Gasteiger partial charge on any atom is -0.342 e. The molecule has 1 unspecified atom stereocenters. The van der Waals surface area contributed by atoms with Crippen LogP contribution in [0.25, 0.3) is 0 Å². The van der Waals surface area contributed by atoms with Gasteiger partial charge in [0.1, 0.15) is 0 Å². The summed E-state index contributed by atoms with van der Waals surface area (Å²) in [5.41, 5.74) is 5.29. The van der Waals surface area contributed by atoms with Crippen LogP contribution in [-0.4, -0.2) is 45.5 Å². The van der Waals surface area contributed by atoms with E-state index in [1.165, 1.54) is 41.8 Å². The highest BCUT2D eigenvalue weighted by Gasteiger charge is 2.35. The molecule has 3 heterocycles. The normalized spacial score (nSPS) is 23.3. The fourth-order valence-corrected chi connectivity index (χ4v) is 5.48. The van der Waals surface area contributed by atoms with E-state index in [1.54, 1.807) is 0 Å². The summed E-state index contributed by atoms with van der Waals surface area (Å²) in [6, 6.07) is 10.7. The summed E-state index contributed by atoms with van der Waals surface area (Å²) in [4.78, 5) is 17.6. The highest BCUT2D eigenvalue weighted by atomic mass is 16.2. The summed E-state index contributed by atoms with van der Waals surface area (Å²) in [6.45, 7) is 4.77. The molecule has 2 aromatic rings. The van der Waals surface area contributed by atoms with Gasteiger partial charge in [-0.05, 0) is 24.8 Å². The number of hydrogen-bond acceptors (Lipinski definition) is 3. The van der Waals surface area contributed by atoms with Gasteiger partial charge in [0, 0.05) is 62.2 Å². The molecule has 29 heavy (non-hydrogen) atoms. The Morgan fingerprint density at radius 1 is 1.07 bits per heavy atom. The van der Waals surface area contributed by atoms with Gasteiger partial charge in [-0.2, -0.15) is 5.10 Å². The van der Waals surface area contributed by atoms with E-state index in [0.717, 1.165) is 58.4 Å². The van der Waals surface area contributed by atoms with E-state index < -0.39 is 0 Å². The predicted molar refractivity (Wildman–Crippen MR) is 113 cm³/mol. The third-order valence-corrected chi connectivity index (χ3v) is 7.13. The van der Waals surface area contributed by atoms with Gasteiger partial charge in [0.05, 0.1) is 5.69 Å². The molecular weight excluding hydrogens is 360 g/mol. The monoisotopic (exact) mass is 392 g/mol. The van der Waals surface area contributed by atoms with Gasteiger partial charge in [-0.3, -0.25) is 14.8 Å². The molecule has 1 saturated heterocycles. The fraction of sp³-hybridized carbons (Fsp3) is 0.583. The molecule has 2 fully saturated rings. The van der Waals surface area contributed by atoms with Crippen LogP contribution < -0.4 is 0 Å². The lowest BCUT2D eigenvalue weighted by atomic mass is 9.88. The molecule has 154 valence electrons. The topological polar surface area (TPSA) is 52.2 Å². The first-order valence-corrected chi connectivity index (χ1v) is 11.4. The van der Waals surface area contributed by atoms with Crippen molar-refractivity contribution >= 4 is 5.91 Å². The molecule has 0 bridgehead atoms. The number of amides is 1. The van der Waals surface area contributed by atoms with E-state index in [-0.39, 0.29) is 5.92 Å². The Labute approximate surface area is 173 Å². The number of aromatic nitrogens is 2. The average molecular weight is 393 g/mol. The first-order chi connectivity index (χ1) is 14.3. The molecule has 1 atom stereocenters. The summed E-state index contributed by atoms with van der Waals surface area (Å²) >= 11 is 0. The highest BCUT2D eigenvalue weighted by molar-refractivity contribution is 5.79. The zero-order valence-corrected chi connectivity index (χ0v) is 17.3. The van der Waals surface area contributed by atoms with Gasteiger partial charge in [-0.1, -0.05) is 49.6 Å². The quantitative estimate of drug-likeness (QED) is 0.859. The molecule has 5 nitrogen and oxygen atoms in total. The molecule has 1 aliphatic carbocycles. The van der Waals surface area contributed by atoms with Crippen molar-refractivity contribution in [3.8, 4) is 0 Å². The lowest BCUT2D eigenvalue weighted by Gasteiger charge is -2.28. The van der Waals surface area contributed by atoms with E-state index in [9.17, 15) is 4.79 Å². The van der Waals surface area contributed by atoms with Gasteiger partial charge in [0.2, 0.25) is 5.91 Å². The molecule has 0 radical (unpaired) electrons. The summed E-state index contributed by atoms with van der Waals surface area (Å²) in [7, 11) is 0. The molecule has 1 amide bonds. The Hall–Kier alpha value is -2.14. The van der Waals surface area contributed by atoms with Crippen molar-refractivity contribution in [2.24, 2.45) is 5.92 Å². The second-order valence-electron chi connectivity index (χ2n) is 9.12. The van der Waals surface area contributed by atoms with E-state index in [2.05, 4.69) is 45.2 Å². The van der Waals surface area contributed by atoms with Crippen LogP contribution in [0.1, 0.15) is 67.0 Å². The van der Waals surface area contributed by atoms with Crippen molar-refractivity contribution in [1.82, 2.24) is 20.0 Å². The van der Waals surface area contributed by atoms with Gasteiger partial charge in [0.15, 0.2) is 0 Å². The van der Waals surface area contributed by atoms with Crippen LogP contribution in [0.15, 0.2) is 30.3 Å². The van der Waals surface area contributed by atoms with Crippen LogP contribution in [0.5, 0.6) is 0 Å². The van der Waals surface area contributed by atoms with Crippen LogP contribution >= 0.6 is 0 Å². The molecule has 1 aromatic heterocycles. The Morgan fingerprint density at radius 2 is 1.90 bits per heavy atom. The number of carbonyl (C=O) groups excluding carboxylic acids is 1. The number of nitrogens with zero attached hydrogens (tertiary/aromatic N) is 3. The zero-order chi connectivity index (χ0) is 19.6. The summed E-state index contributed by atoms with van der Waals surface area (Å²) in [5, 5.41) is 8.05. The molecule has 1 aromatic carbocycles. The second kappa shape index (κ2) is 8.31. The van der Waals surface area contributed by atoms with Crippen molar-refractivity contribution in [3.05, 3.63) is 52.8 Å². The van der Waals surface area contributed by atoms with Crippen molar-refractivity contribution in [2.45, 2.75) is 64.0 Å². The van der Waals surface area contributed by atoms with Gasteiger partial charge in [-0.15, -0.1) is 0 Å². The molecule has 5 rings (SSSR count). The summed E-state index contributed by atoms with van der Waals surface area (Å²) < 4.78 is 0. The maximum absolute atomic E-state index is 12.9. The first kappa shape index (κ1) is 18.9. The van der Waals surface area contributed by atoms with Crippen LogP contribution in [0.4, 0.5) is 0 Å². The third-order valence-electron chi connectivity index (χ3n) is 7.13. The first-order valence-electron chi connectivity index (χ1n) is 11.4.